The molecule has 1 aromatic heterocycles. The molecule has 0 amide bonds. The van der Waals surface area contributed by atoms with E-state index in [-0.39, 0.29) is 0 Å². The summed E-state index contributed by atoms with van der Waals surface area (Å²) in [7, 11) is 3.97. The molecule has 1 N–H and O–H groups in total. The summed E-state index contributed by atoms with van der Waals surface area (Å²) in [6.07, 6.45) is 6.39. The average molecular weight is 229 g/mol. The van der Waals surface area contributed by atoms with E-state index < -0.39 is 0 Å². The van der Waals surface area contributed by atoms with Gasteiger partial charge >= 0.3 is 0 Å². The van der Waals surface area contributed by atoms with Crippen LogP contribution in [0.5, 0.6) is 0 Å². The lowest BCUT2D eigenvalue weighted by atomic mass is 10.1. The normalized spacial score (nSPS) is 11.6. The molecule has 3 nitrogen and oxygen atoms in total. The van der Waals surface area contributed by atoms with Gasteiger partial charge in [0.15, 0.2) is 0 Å². The fourth-order valence-corrected chi connectivity index (χ4v) is 1.98. The predicted octanol–water partition coefficient (Wildman–Crippen LogP) is 2.28. The second-order valence-corrected chi connectivity index (χ2v) is 4.16. The van der Waals surface area contributed by atoms with Gasteiger partial charge in [-0.15, -0.1) is 0 Å². The SMILES string of the molecule is CNCCC=CCc1nn(C)c2ccccc12. The lowest BCUT2D eigenvalue weighted by Gasteiger charge is -1.93. The molecule has 2 rings (SSSR count). The summed E-state index contributed by atoms with van der Waals surface area (Å²) in [5.74, 6) is 0. The van der Waals surface area contributed by atoms with Crippen LogP contribution in [0.1, 0.15) is 12.1 Å². The third-order valence-electron chi connectivity index (χ3n) is 2.87. The van der Waals surface area contributed by atoms with Gasteiger partial charge in [-0.25, -0.2) is 0 Å². The standard InChI is InChI=1S/C14H19N3/c1-15-11-7-3-4-9-13-12-8-5-6-10-14(12)17(2)16-13/h3-6,8,10,15H,7,9,11H2,1-2H3. The van der Waals surface area contributed by atoms with E-state index in [4.69, 9.17) is 0 Å². The van der Waals surface area contributed by atoms with E-state index in [0.717, 1.165) is 25.1 Å². The number of hydrogen-bond acceptors (Lipinski definition) is 2. The number of para-hydroxylation sites is 1. The second-order valence-electron chi connectivity index (χ2n) is 4.16. The molecule has 0 aliphatic heterocycles. The quantitative estimate of drug-likeness (QED) is 0.629. The van der Waals surface area contributed by atoms with Gasteiger partial charge in [0.05, 0.1) is 11.2 Å². The van der Waals surface area contributed by atoms with Crippen molar-refractivity contribution in [2.75, 3.05) is 13.6 Å². The molecule has 1 heterocycles. The molecule has 0 unspecified atom stereocenters. The Balaban J connectivity index is 2.11. The predicted molar refractivity (Wildman–Crippen MR) is 72.1 cm³/mol. The lowest BCUT2D eigenvalue weighted by molar-refractivity contribution is 0.774. The largest absolute Gasteiger partial charge is 0.319 e. The first-order chi connectivity index (χ1) is 8.33. The van der Waals surface area contributed by atoms with Crippen molar-refractivity contribution in [2.45, 2.75) is 12.8 Å². The van der Waals surface area contributed by atoms with Crippen molar-refractivity contribution < 1.29 is 0 Å². The first-order valence-electron chi connectivity index (χ1n) is 6.03. The van der Waals surface area contributed by atoms with Gasteiger partial charge in [0, 0.05) is 18.9 Å². The van der Waals surface area contributed by atoms with Gasteiger partial charge in [0.25, 0.3) is 0 Å². The third kappa shape index (κ3) is 2.74. The second kappa shape index (κ2) is 5.64. The Morgan fingerprint density at radius 1 is 1.29 bits per heavy atom. The summed E-state index contributed by atoms with van der Waals surface area (Å²) in [6.45, 7) is 1.03. The van der Waals surface area contributed by atoms with Crippen molar-refractivity contribution in [2.24, 2.45) is 7.05 Å². The van der Waals surface area contributed by atoms with Gasteiger partial charge in [-0.3, -0.25) is 4.68 Å². The minimum Gasteiger partial charge on any atom is -0.319 e. The molecule has 0 saturated carbocycles. The van der Waals surface area contributed by atoms with Gasteiger partial charge < -0.3 is 5.32 Å². The minimum absolute atomic E-state index is 0.908. The fourth-order valence-electron chi connectivity index (χ4n) is 1.98. The zero-order chi connectivity index (χ0) is 12.1. The Morgan fingerprint density at radius 2 is 2.12 bits per heavy atom. The molecular formula is C14H19N3. The van der Waals surface area contributed by atoms with E-state index in [1.807, 2.05) is 18.8 Å². The molecule has 1 aromatic carbocycles. The zero-order valence-corrected chi connectivity index (χ0v) is 10.5. The number of nitrogens with zero attached hydrogens (tertiary/aromatic N) is 2. The third-order valence-corrected chi connectivity index (χ3v) is 2.87. The van der Waals surface area contributed by atoms with Crippen LogP contribution in [-0.4, -0.2) is 23.4 Å². The van der Waals surface area contributed by atoms with Crippen molar-refractivity contribution in [3.8, 4) is 0 Å². The molecule has 0 aliphatic rings. The smallest absolute Gasteiger partial charge is 0.0740 e. The highest BCUT2D eigenvalue weighted by atomic mass is 15.3. The molecule has 0 bridgehead atoms. The molecule has 2 aromatic rings. The summed E-state index contributed by atoms with van der Waals surface area (Å²) in [4.78, 5) is 0. The van der Waals surface area contributed by atoms with Crippen molar-refractivity contribution in [3.05, 3.63) is 42.1 Å². The van der Waals surface area contributed by atoms with Crippen molar-refractivity contribution >= 4 is 10.9 Å². The maximum absolute atomic E-state index is 4.56. The monoisotopic (exact) mass is 229 g/mol. The van der Waals surface area contributed by atoms with Crippen LogP contribution < -0.4 is 5.32 Å². The Bertz CT molecular complexity index is 511. The summed E-state index contributed by atoms with van der Waals surface area (Å²) in [5.41, 5.74) is 2.36. The topological polar surface area (TPSA) is 29.9 Å². The maximum Gasteiger partial charge on any atom is 0.0740 e. The number of allylic oxidation sites excluding steroid dienone is 1. The molecule has 0 aliphatic carbocycles. The molecule has 0 atom stereocenters. The zero-order valence-electron chi connectivity index (χ0n) is 10.5. The molecule has 0 radical (unpaired) electrons. The van der Waals surface area contributed by atoms with Gasteiger partial charge in [0.2, 0.25) is 0 Å². The highest BCUT2D eigenvalue weighted by Gasteiger charge is 2.05. The highest BCUT2D eigenvalue weighted by molar-refractivity contribution is 5.81. The molecule has 17 heavy (non-hydrogen) atoms. The Kier molecular flexibility index (Phi) is 3.94. The van der Waals surface area contributed by atoms with E-state index in [1.54, 1.807) is 0 Å². The number of aryl methyl sites for hydroxylation is 1. The summed E-state index contributed by atoms with van der Waals surface area (Å²) in [5, 5.41) is 8.94. The number of aromatic nitrogens is 2. The van der Waals surface area contributed by atoms with E-state index >= 15 is 0 Å². The number of hydrogen-bond donors (Lipinski definition) is 1. The van der Waals surface area contributed by atoms with E-state index in [9.17, 15) is 0 Å². The van der Waals surface area contributed by atoms with Gasteiger partial charge in [-0.05, 0) is 26.1 Å². The maximum atomic E-state index is 4.56. The van der Waals surface area contributed by atoms with Gasteiger partial charge in [0.1, 0.15) is 0 Å². The molecule has 90 valence electrons. The van der Waals surface area contributed by atoms with Crippen molar-refractivity contribution in [3.63, 3.8) is 0 Å². The van der Waals surface area contributed by atoms with E-state index in [0.29, 0.717) is 0 Å². The van der Waals surface area contributed by atoms with Crippen LogP contribution >= 0.6 is 0 Å². The summed E-state index contributed by atoms with van der Waals surface area (Å²) < 4.78 is 1.95. The summed E-state index contributed by atoms with van der Waals surface area (Å²) in [6, 6.07) is 8.37. The van der Waals surface area contributed by atoms with Crippen LogP contribution in [0.15, 0.2) is 36.4 Å². The molecule has 0 saturated heterocycles. The Hall–Kier alpha value is -1.61. The highest BCUT2D eigenvalue weighted by Crippen LogP contribution is 2.17. The number of rotatable bonds is 5. The van der Waals surface area contributed by atoms with E-state index in [2.05, 4.69) is 46.8 Å². The van der Waals surface area contributed by atoms with Gasteiger partial charge in [-0.1, -0.05) is 30.4 Å². The molecular weight excluding hydrogens is 210 g/mol. The minimum atomic E-state index is 0.908. The van der Waals surface area contributed by atoms with Gasteiger partial charge in [-0.2, -0.15) is 5.10 Å². The van der Waals surface area contributed by atoms with Crippen LogP contribution in [0.2, 0.25) is 0 Å². The number of nitrogens with one attached hydrogen (secondary N) is 1. The Labute approximate surface area is 102 Å². The van der Waals surface area contributed by atoms with E-state index in [1.165, 1.54) is 10.9 Å². The molecule has 3 heteroatoms. The fraction of sp³-hybridized carbons (Fsp3) is 0.357. The van der Waals surface area contributed by atoms with Crippen LogP contribution in [-0.2, 0) is 13.5 Å². The van der Waals surface area contributed by atoms with Crippen LogP contribution in [0.4, 0.5) is 0 Å². The number of benzene rings is 1. The Morgan fingerprint density at radius 3 is 2.94 bits per heavy atom. The first kappa shape index (κ1) is 11.9. The summed E-state index contributed by atoms with van der Waals surface area (Å²) >= 11 is 0. The van der Waals surface area contributed by atoms with Crippen LogP contribution in [0.3, 0.4) is 0 Å². The number of fused-ring (bicyclic) bond motifs is 1. The average Bonchev–Trinajstić information content (AvgIpc) is 2.67. The van der Waals surface area contributed by atoms with Crippen molar-refractivity contribution in [1.29, 1.82) is 0 Å². The molecule has 0 fully saturated rings. The van der Waals surface area contributed by atoms with Crippen molar-refractivity contribution in [1.82, 2.24) is 15.1 Å². The first-order valence-corrected chi connectivity index (χ1v) is 6.03. The molecule has 0 spiro atoms. The lowest BCUT2D eigenvalue weighted by Crippen LogP contribution is -2.05. The van der Waals surface area contributed by atoms with Crippen LogP contribution in [0.25, 0.3) is 10.9 Å². The van der Waals surface area contributed by atoms with Crippen LogP contribution in [0, 0.1) is 0 Å².